The number of thiophene rings is 1. The number of hydrogen-bond donors (Lipinski definition) is 2. The molecule has 1 amide bonds. The zero-order valence-electron chi connectivity index (χ0n) is 11.5. The van der Waals surface area contributed by atoms with Crippen molar-refractivity contribution in [3.8, 4) is 0 Å². The number of hydrogen-bond acceptors (Lipinski definition) is 4. The summed E-state index contributed by atoms with van der Waals surface area (Å²) in [6, 6.07) is 4.95. The van der Waals surface area contributed by atoms with Gasteiger partial charge in [0.2, 0.25) is 0 Å². The van der Waals surface area contributed by atoms with Crippen LogP contribution in [0.1, 0.15) is 28.6 Å². The monoisotopic (exact) mass is 327 g/mol. The van der Waals surface area contributed by atoms with Crippen LogP contribution in [0, 0.1) is 5.82 Å². The molecule has 0 saturated heterocycles. The Bertz CT molecular complexity index is 632. The van der Waals surface area contributed by atoms with E-state index in [2.05, 4.69) is 15.6 Å². The van der Waals surface area contributed by atoms with E-state index in [-0.39, 0.29) is 11.4 Å². The second kappa shape index (κ2) is 7.38. The number of carbonyl (C=O) groups excluding carboxylic acids is 1. The lowest BCUT2D eigenvalue weighted by Crippen LogP contribution is -2.24. The molecule has 0 aliphatic rings. The predicted molar refractivity (Wildman–Crippen MR) is 83.5 cm³/mol. The Morgan fingerprint density at radius 1 is 1.43 bits per heavy atom. The lowest BCUT2D eigenvalue weighted by Gasteiger charge is -2.09. The summed E-state index contributed by atoms with van der Waals surface area (Å²) >= 11 is 7.19. The molecule has 0 bridgehead atoms. The third-order valence-electron chi connectivity index (χ3n) is 2.73. The van der Waals surface area contributed by atoms with Crippen LogP contribution in [0.15, 0.2) is 24.4 Å². The van der Waals surface area contributed by atoms with Gasteiger partial charge in [-0.3, -0.25) is 4.79 Å². The van der Waals surface area contributed by atoms with Crippen molar-refractivity contribution >= 4 is 34.7 Å². The Balaban J connectivity index is 2.04. The van der Waals surface area contributed by atoms with Crippen molar-refractivity contribution in [2.45, 2.75) is 19.9 Å². The van der Waals surface area contributed by atoms with Gasteiger partial charge in [0.25, 0.3) is 5.91 Å². The Morgan fingerprint density at radius 3 is 2.90 bits per heavy atom. The molecule has 2 aromatic heterocycles. The highest BCUT2D eigenvalue weighted by Gasteiger charge is 2.15. The van der Waals surface area contributed by atoms with Gasteiger partial charge in [-0.25, -0.2) is 9.37 Å². The normalized spacial score (nSPS) is 10.4. The first-order valence-corrected chi connectivity index (χ1v) is 7.72. The third kappa shape index (κ3) is 4.15. The molecule has 2 heterocycles. The van der Waals surface area contributed by atoms with Crippen molar-refractivity contribution in [1.82, 2.24) is 10.3 Å². The second-order valence-electron chi connectivity index (χ2n) is 4.34. The molecule has 0 aliphatic heterocycles. The molecule has 0 unspecified atom stereocenters. The molecule has 7 heteroatoms. The number of nitrogens with one attached hydrogen (secondary N) is 2. The standard InChI is InChI=1S/C14H15ClFN3OS/c1-2-6-17-13-12(16)10(5-7-18-13)14(20)19-8-9-3-4-11(15)21-9/h3-5,7H,2,6,8H2,1H3,(H,17,18)(H,19,20). The van der Waals surface area contributed by atoms with Gasteiger partial charge < -0.3 is 10.6 Å². The van der Waals surface area contributed by atoms with E-state index in [1.54, 1.807) is 6.07 Å². The number of pyridine rings is 1. The number of carbonyl (C=O) groups is 1. The lowest BCUT2D eigenvalue weighted by atomic mass is 10.2. The van der Waals surface area contributed by atoms with Gasteiger partial charge in [0, 0.05) is 17.6 Å². The first-order chi connectivity index (χ1) is 10.1. The molecule has 0 aromatic carbocycles. The number of nitrogens with zero attached hydrogens (tertiary/aromatic N) is 1. The summed E-state index contributed by atoms with van der Waals surface area (Å²) in [4.78, 5) is 16.8. The van der Waals surface area contributed by atoms with Gasteiger partial charge in [-0.15, -0.1) is 11.3 Å². The summed E-state index contributed by atoms with van der Waals surface area (Å²) in [5.74, 6) is -1.00. The quantitative estimate of drug-likeness (QED) is 0.850. The molecule has 0 atom stereocenters. The fourth-order valence-electron chi connectivity index (χ4n) is 1.70. The molecular formula is C14H15ClFN3OS. The van der Waals surface area contributed by atoms with Crippen LogP contribution in [0.25, 0.3) is 0 Å². The topological polar surface area (TPSA) is 54.0 Å². The number of anilines is 1. The van der Waals surface area contributed by atoms with Gasteiger partial charge >= 0.3 is 0 Å². The minimum absolute atomic E-state index is 0.0220. The molecule has 0 spiro atoms. The molecule has 0 fully saturated rings. The zero-order valence-corrected chi connectivity index (χ0v) is 13.0. The van der Waals surface area contributed by atoms with Crippen molar-refractivity contribution in [2.24, 2.45) is 0 Å². The van der Waals surface area contributed by atoms with Crippen LogP contribution >= 0.6 is 22.9 Å². The van der Waals surface area contributed by atoms with Crippen molar-refractivity contribution in [3.63, 3.8) is 0 Å². The first-order valence-electron chi connectivity index (χ1n) is 6.52. The molecule has 0 aliphatic carbocycles. The summed E-state index contributed by atoms with van der Waals surface area (Å²) in [6.45, 7) is 2.88. The van der Waals surface area contributed by atoms with Crippen LogP contribution in [-0.4, -0.2) is 17.4 Å². The molecule has 2 N–H and O–H groups in total. The molecule has 112 valence electrons. The van der Waals surface area contributed by atoms with Crippen molar-refractivity contribution in [2.75, 3.05) is 11.9 Å². The third-order valence-corrected chi connectivity index (χ3v) is 3.96. The SMILES string of the molecule is CCCNc1nccc(C(=O)NCc2ccc(Cl)s2)c1F. The molecule has 21 heavy (non-hydrogen) atoms. The maximum Gasteiger partial charge on any atom is 0.254 e. The summed E-state index contributed by atoms with van der Waals surface area (Å²) < 4.78 is 14.8. The fraction of sp³-hybridized carbons (Fsp3) is 0.286. The molecule has 2 rings (SSSR count). The van der Waals surface area contributed by atoms with Crippen LogP contribution in [0.3, 0.4) is 0 Å². The summed E-state index contributed by atoms with van der Waals surface area (Å²) in [6.07, 6.45) is 2.26. The minimum atomic E-state index is -0.632. The van der Waals surface area contributed by atoms with Crippen LogP contribution in [-0.2, 0) is 6.54 Å². The van der Waals surface area contributed by atoms with Crippen LogP contribution in [0.5, 0.6) is 0 Å². The Kier molecular flexibility index (Phi) is 5.52. The average Bonchev–Trinajstić information content (AvgIpc) is 2.89. The van der Waals surface area contributed by atoms with E-state index < -0.39 is 11.7 Å². The summed E-state index contributed by atoms with van der Waals surface area (Å²) in [5.41, 5.74) is -0.0220. The summed E-state index contributed by atoms with van der Waals surface area (Å²) in [5, 5.41) is 5.52. The van der Waals surface area contributed by atoms with Crippen molar-refractivity contribution < 1.29 is 9.18 Å². The van der Waals surface area contributed by atoms with Crippen LogP contribution in [0.2, 0.25) is 4.34 Å². The van der Waals surface area contributed by atoms with Crippen LogP contribution in [0.4, 0.5) is 10.2 Å². The van der Waals surface area contributed by atoms with Gasteiger partial charge in [-0.2, -0.15) is 0 Å². The van der Waals surface area contributed by atoms with Gasteiger partial charge in [-0.1, -0.05) is 18.5 Å². The highest BCUT2D eigenvalue weighted by Crippen LogP contribution is 2.21. The first kappa shape index (κ1) is 15.7. The Morgan fingerprint density at radius 2 is 2.24 bits per heavy atom. The average molecular weight is 328 g/mol. The number of halogens is 2. The smallest absolute Gasteiger partial charge is 0.254 e. The molecule has 0 radical (unpaired) electrons. The van der Waals surface area contributed by atoms with Crippen molar-refractivity contribution in [3.05, 3.63) is 45.0 Å². The summed E-state index contributed by atoms with van der Waals surface area (Å²) in [7, 11) is 0. The predicted octanol–water partition coefficient (Wildman–Crippen LogP) is 3.69. The van der Waals surface area contributed by atoms with E-state index in [1.807, 2.05) is 13.0 Å². The van der Waals surface area contributed by atoms with Gasteiger partial charge in [-0.05, 0) is 24.6 Å². The molecule has 2 aromatic rings. The second-order valence-corrected chi connectivity index (χ2v) is 6.14. The van der Waals surface area contributed by atoms with E-state index >= 15 is 0 Å². The molecule has 0 saturated carbocycles. The maximum atomic E-state index is 14.2. The Labute approximate surface area is 131 Å². The van der Waals surface area contributed by atoms with Crippen LogP contribution < -0.4 is 10.6 Å². The van der Waals surface area contributed by atoms with Gasteiger partial charge in [0.15, 0.2) is 11.6 Å². The van der Waals surface area contributed by atoms with E-state index in [9.17, 15) is 9.18 Å². The van der Waals surface area contributed by atoms with Gasteiger partial charge in [0.05, 0.1) is 16.4 Å². The van der Waals surface area contributed by atoms with E-state index in [4.69, 9.17) is 11.6 Å². The number of amides is 1. The lowest BCUT2D eigenvalue weighted by molar-refractivity contribution is 0.0947. The maximum absolute atomic E-state index is 14.2. The van der Waals surface area contributed by atoms with E-state index in [0.29, 0.717) is 17.4 Å². The van der Waals surface area contributed by atoms with E-state index in [0.717, 1.165) is 11.3 Å². The number of rotatable bonds is 6. The largest absolute Gasteiger partial charge is 0.368 e. The van der Waals surface area contributed by atoms with Crippen molar-refractivity contribution in [1.29, 1.82) is 0 Å². The number of aromatic nitrogens is 1. The van der Waals surface area contributed by atoms with E-state index in [1.165, 1.54) is 23.6 Å². The molecule has 4 nitrogen and oxygen atoms in total. The minimum Gasteiger partial charge on any atom is -0.368 e. The fourth-order valence-corrected chi connectivity index (χ4v) is 2.72. The Hall–Kier alpha value is -1.66. The molecular weight excluding hydrogens is 313 g/mol. The highest BCUT2D eigenvalue weighted by atomic mass is 35.5. The highest BCUT2D eigenvalue weighted by molar-refractivity contribution is 7.16. The van der Waals surface area contributed by atoms with Gasteiger partial charge in [0.1, 0.15) is 0 Å². The zero-order chi connectivity index (χ0) is 15.2.